The minimum atomic E-state index is -0.112. The first-order chi connectivity index (χ1) is 53.7. The smallest absolute Gasteiger partial charge is 0.0792 e. The molecule has 38 unspecified atom stereocenters. The molecule has 17 nitrogen and oxygen atoms in total. The second-order valence-electron chi connectivity index (χ2n) is 39.8. The third kappa shape index (κ3) is 16.7. The van der Waals surface area contributed by atoms with E-state index in [4.69, 9.17) is 75.1 Å². The van der Waals surface area contributed by atoms with Crippen molar-refractivity contribution in [2.45, 2.75) is 391 Å². The molecule has 0 amide bonds. The largest absolute Gasteiger partial charge is 0.378 e. The maximum Gasteiger partial charge on any atom is 0.0792 e. The van der Waals surface area contributed by atoms with Crippen molar-refractivity contribution in [2.24, 2.45) is 124 Å². The van der Waals surface area contributed by atoms with Gasteiger partial charge in [0, 0.05) is 112 Å². The van der Waals surface area contributed by atoms with Crippen LogP contribution in [0, 0.1) is 124 Å². The highest BCUT2D eigenvalue weighted by atomic mass is 16.5. The van der Waals surface area contributed by atoms with E-state index in [0.29, 0.717) is 41.4 Å². The summed E-state index contributed by atoms with van der Waals surface area (Å²) in [5.41, 5.74) is 0. The SMILES string of the molecule is CCCCOC1C2CC3CCCCC3CC2C(OCCCC)C2C3NC(NC4NC(NC5NC(NC6C7C(OCCCC)C8CC9CCCCC9CC8C(OCCCC)C7C(N3)N6C)C3C(OCCCC)C6CC7CCCCC7CC6C(OCCCC)C53)C3C(OCCCC)C5NCCCC5C(OCCCC)C43)C12. The van der Waals surface area contributed by atoms with Crippen molar-refractivity contribution in [1.29, 1.82) is 0 Å². The van der Waals surface area contributed by atoms with Gasteiger partial charge < -0.3 is 43.2 Å². The lowest BCUT2D eigenvalue weighted by atomic mass is 9.53. The van der Waals surface area contributed by atoms with Crippen LogP contribution in [0.15, 0.2) is 0 Å². The molecule has 16 fully saturated rings. The van der Waals surface area contributed by atoms with Crippen molar-refractivity contribution >= 4 is 0 Å². The Balaban J connectivity index is 0.900. The zero-order valence-electron chi connectivity index (χ0n) is 70.5. The van der Waals surface area contributed by atoms with Crippen LogP contribution >= 0.6 is 0 Å². The molecule has 0 radical (unpaired) electrons. The van der Waals surface area contributed by atoms with Crippen LogP contribution in [0.3, 0.4) is 0 Å². The third-order valence-electron chi connectivity index (χ3n) is 33.9. The Hall–Kier alpha value is -0.680. The van der Waals surface area contributed by atoms with Crippen LogP contribution in [-0.4, -0.2) is 176 Å². The maximum atomic E-state index is 8.01. The molecule has 8 N–H and O–H groups in total. The van der Waals surface area contributed by atoms with Crippen LogP contribution in [-0.2, 0) is 37.9 Å². The molecule has 0 spiro atoms. The van der Waals surface area contributed by atoms with Crippen LogP contribution < -0.4 is 42.5 Å². The highest BCUT2D eigenvalue weighted by Gasteiger charge is 2.71. The molecule has 16 aliphatic rings. The Kier molecular flexibility index (Phi) is 29.0. The molecular formula is C92H163N9O8. The molecule has 109 heavy (non-hydrogen) atoms. The van der Waals surface area contributed by atoms with E-state index >= 15 is 0 Å². The number of rotatable bonds is 32. The van der Waals surface area contributed by atoms with Crippen LogP contribution in [0.5, 0.6) is 0 Å². The number of nitrogens with zero attached hydrogens (tertiary/aromatic N) is 1. The number of unbranched alkanes of at least 4 members (excludes halogenated alkanes) is 8. The Labute approximate surface area is 663 Å². The lowest BCUT2D eigenvalue weighted by Crippen LogP contribution is -2.68. The van der Waals surface area contributed by atoms with E-state index in [2.05, 4.69) is 72.7 Å². The molecule has 0 aromatic rings. The van der Waals surface area contributed by atoms with Crippen molar-refractivity contribution < 1.29 is 37.9 Å². The summed E-state index contributed by atoms with van der Waals surface area (Å²) < 4.78 is 63.4. The molecule has 6 saturated heterocycles. The lowest BCUT2D eigenvalue weighted by molar-refractivity contribution is -0.193. The van der Waals surface area contributed by atoms with Gasteiger partial charge in [-0.1, -0.05) is 184 Å². The Morgan fingerprint density at radius 1 is 0.248 bits per heavy atom. The predicted octanol–water partition coefficient (Wildman–Crippen LogP) is 15.1. The molecule has 0 aromatic heterocycles. The van der Waals surface area contributed by atoms with Gasteiger partial charge in [-0.15, -0.1) is 0 Å². The number of nitrogens with one attached hydrogen (secondary N) is 8. The zero-order valence-corrected chi connectivity index (χ0v) is 70.5. The molecule has 8 bridgehead atoms. The molecule has 10 aliphatic carbocycles. The van der Waals surface area contributed by atoms with Gasteiger partial charge in [0.15, 0.2) is 0 Å². The first kappa shape index (κ1) is 82.0. The number of hydrogen-bond acceptors (Lipinski definition) is 17. The Morgan fingerprint density at radius 3 is 0.725 bits per heavy atom. The van der Waals surface area contributed by atoms with E-state index in [0.717, 1.165) is 210 Å². The van der Waals surface area contributed by atoms with Gasteiger partial charge in [-0.05, 0) is 187 Å². The molecule has 6 aliphatic heterocycles. The van der Waals surface area contributed by atoms with Gasteiger partial charge >= 0.3 is 0 Å². The average molecular weight is 1520 g/mol. The number of hydrogen-bond donors (Lipinski definition) is 8. The van der Waals surface area contributed by atoms with Crippen LogP contribution in [0.25, 0.3) is 0 Å². The van der Waals surface area contributed by atoms with Crippen molar-refractivity contribution in [2.75, 3.05) is 66.4 Å². The topological polar surface area (TPSA) is 173 Å². The summed E-state index contributed by atoms with van der Waals surface area (Å²) in [4.78, 5) is 2.90. The van der Waals surface area contributed by atoms with Crippen molar-refractivity contribution in [3.63, 3.8) is 0 Å². The molecule has 10 saturated carbocycles. The fraction of sp³-hybridized carbons (Fsp3) is 1.00. The number of fused-ring (bicyclic) bond motifs is 27. The standard InChI is InChI=1S/C92H163N9O8/c1-10-18-41-102-77-61-39-32-40-93-76(61)84(109-48-25-17-8)73-72(77)87-94-85-68-70(80(105-44-21-13-4)64-51-57-35-28-26-33-55(57)49-62(64)78(68)103-42-19-11-2)89(97-85)99-91-74-75(83(108-47-24-16-7)67-54-60-38-31-30-37-59(60)53-66(67)82(74)107-46-23-15-6)92(101(91)9)100-90-71-69(86(98-90)95-88(73)96-87)79(104-43-20-12-3)63-50-56-34-27-29-36-58(56)52-65(63)81(71)106-45-22-14-5/h55-100H,10-54H2,1-9H3. The first-order valence-electron chi connectivity index (χ1n) is 48.4. The zero-order chi connectivity index (χ0) is 74.7. The maximum absolute atomic E-state index is 8.01. The normalized spacial score (nSPS) is 48.3. The van der Waals surface area contributed by atoms with Crippen molar-refractivity contribution in [1.82, 2.24) is 47.4 Å². The fourth-order valence-corrected chi connectivity index (χ4v) is 28.9. The summed E-state index contributed by atoms with van der Waals surface area (Å²) >= 11 is 0. The van der Waals surface area contributed by atoms with Gasteiger partial charge in [0.05, 0.1) is 98.2 Å². The highest BCUT2D eigenvalue weighted by molar-refractivity contribution is 5.21. The van der Waals surface area contributed by atoms with Gasteiger partial charge in [0.25, 0.3) is 0 Å². The predicted molar refractivity (Wildman–Crippen MR) is 435 cm³/mol. The monoisotopic (exact) mass is 1520 g/mol. The van der Waals surface area contributed by atoms with Crippen molar-refractivity contribution in [3.05, 3.63) is 0 Å². The molecule has 624 valence electrons. The lowest BCUT2D eigenvalue weighted by Gasteiger charge is -2.57. The molecule has 0 aromatic carbocycles. The summed E-state index contributed by atoms with van der Waals surface area (Å²) in [6.45, 7) is 26.4. The summed E-state index contributed by atoms with van der Waals surface area (Å²) in [5, 5.41) is 38.2. The van der Waals surface area contributed by atoms with Gasteiger partial charge in [-0.3, -0.25) is 42.1 Å². The quantitative estimate of drug-likeness (QED) is 0.0299. The van der Waals surface area contributed by atoms with E-state index in [1.54, 1.807) is 0 Å². The van der Waals surface area contributed by atoms with E-state index in [-0.39, 0.29) is 152 Å². The van der Waals surface area contributed by atoms with Gasteiger partial charge in [-0.25, -0.2) is 0 Å². The third-order valence-corrected chi connectivity index (χ3v) is 33.9. The average Bonchev–Trinajstić information content (AvgIpc) is 1.57. The van der Waals surface area contributed by atoms with E-state index in [1.165, 1.54) is 116 Å². The van der Waals surface area contributed by atoms with Gasteiger partial charge in [-0.2, -0.15) is 0 Å². The summed E-state index contributed by atoms with van der Waals surface area (Å²) in [6, 6.07) is 0.188. The molecule has 38 atom stereocenters. The summed E-state index contributed by atoms with van der Waals surface area (Å²) in [6.07, 6.45) is 44.0. The van der Waals surface area contributed by atoms with Crippen LogP contribution in [0.2, 0.25) is 0 Å². The first-order valence-corrected chi connectivity index (χ1v) is 48.4. The minimum Gasteiger partial charge on any atom is -0.378 e. The fourth-order valence-electron chi connectivity index (χ4n) is 28.9. The molecule has 17 heteroatoms. The van der Waals surface area contributed by atoms with Gasteiger partial charge in [0.2, 0.25) is 0 Å². The minimum absolute atomic E-state index is 0.0181. The number of ether oxygens (including phenoxy) is 8. The second-order valence-corrected chi connectivity index (χ2v) is 39.8. The van der Waals surface area contributed by atoms with Crippen LogP contribution in [0.4, 0.5) is 0 Å². The van der Waals surface area contributed by atoms with Crippen LogP contribution in [0.1, 0.15) is 287 Å². The second kappa shape index (κ2) is 38.6. The van der Waals surface area contributed by atoms with E-state index in [9.17, 15) is 0 Å². The van der Waals surface area contributed by atoms with E-state index in [1.807, 2.05) is 0 Å². The summed E-state index contributed by atoms with van der Waals surface area (Å²) in [5.74, 6) is 8.60. The molecule has 16 rings (SSSR count). The van der Waals surface area contributed by atoms with Gasteiger partial charge in [0.1, 0.15) is 0 Å². The highest BCUT2D eigenvalue weighted by Crippen LogP contribution is 2.63. The van der Waals surface area contributed by atoms with E-state index < -0.39 is 0 Å². The molecular weight excluding hydrogens is 1360 g/mol. The van der Waals surface area contributed by atoms with Crippen molar-refractivity contribution in [3.8, 4) is 0 Å². The number of piperidine rings is 1. The summed E-state index contributed by atoms with van der Waals surface area (Å²) in [7, 11) is 2.57. The Bertz CT molecular complexity index is 2570. The Morgan fingerprint density at radius 2 is 0.468 bits per heavy atom. The molecule has 6 heterocycles.